The first-order valence-corrected chi connectivity index (χ1v) is 6.91. The summed E-state index contributed by atoms with van der Waals surface area (Å²) in [7, 11) is 0. The second-order valence-electron chi connectivity index (χ2n) is 5.22. The number of aromatic nitrogens is 2. The van der Waals surface area contributed by atoms with E-state index in [9.17, 15) is 0 Å². The van der Waals surface area contributed by atoms with Gasteiger partial charge >= 0.3 is 0 Å². The van der Waals surface area contributed by atoms with Gasteiger partial charge in [-0.15, -0.1) is 0 Å². The Morgan fingerprint density at radius 3 is 3.11 bits per heavy atom. The van der Waals surface area contributed by atoms with Gasteiger partial charge in [-0.05, 0) is 42.7 Å². The zero-order valence-electron chi connectivity index (χ0n) is 11.0. The van der Waals surface area contributed by atoms with E-state index in [-0.39, 0.29) is 6.04 Å². The molecule has 0 spiro atoms. The number of nitrogens with one attached hydrogen (secondary N) is 2. The molecule has 100 valence electrons. The first-order valence-electron chi connectivity index (χ1n) is 6.91. The maximum absolute atomic E-state index is 5.69. The Balaban J connectivity index is 1.80. The largest absolute Gasteiger partial charge is 0.347 e. The minimum atomic E-state index is 0.0890. The molecule has 4 heteroatoms. The summed E-state index contributed by atoms with van der Waals surface area (Å²) in [5.74, 6) is 7.18. The monoisotopic (exact) mass is 256 g/mol. The molecule has 2 aromatic rings. The van der Waals surface area contributed by atoms with Crippen LogP contribution in [0.1, 0.15) is 48.2 Å². The minimum Gasteiger partial charge on any atom is -0.347 e. The van der Waals surface area contributed by atoms with Crippen LogP contribution >= 0.6 is 0 Å². The first kappa shape index (κ1) is 12.4. The van der Waals surface area contributed by atoms with Gasteiger partial charge in [0.1, 0.15) is 5.82 Å². The summed E-state index contributed by atoms with van der Waals surface area (Å²) in [6.07, 6.45) is 8.30. The molecule has 0 radical (unpaired) electrons. The number of imidazole rings is 1. The summed E-state index contributed by atoms with van der Waals surface area (Å²) < 4.78 is 0. The number of nitrogens with two attached hydrogens (primary N) is 1. The highest BCUT2D eigenvalue weighted by atomic mass is 15.2. The van der Waals surface area contributed by atoms with Crippen LogP contribution < -0.4 is 11.3 Å². The van der Waals surface area contributed by atoms with Crippen LogP contribution in [0.15, 0.2) is 36.7 Å². The Hall–Kier alpha value is -1.65. The summed E-state index contributed by atoms with van der Waals surface area (Å²) in [6, 6.07) is 8.86. The summed E-state index contributed by atoms with van der Waals surface area (Å²) in [5.41, 5.74) is 5.87. The van der Waals surface area contributed by atoms with Crippen LogP contribution in [0.5, 0.6) is 0 Å². The predicted octanol–water partition coefficient (Wildman–Crippen LogP) is 2.42. The van der Waals surface area contributed by atoms with Gasteiger partial charge in [-0.1, -0.05) is 24.3 Å². The van der Waals surface area contributed by atoms with Gasteiger partial charge in [0, 0.05) is 12.4 Å². The Labute approximate surface area is 113 Å². The Morgan fingerprint density at radius 1 is 1.42 bits per heavy atom. The molecule has 0 saturated heterocycles. The standard InChI is InChI=1S/C15H20N4/c16-19-14(15-17-8-9-18-15)10-12-6-3-5-11-4-1-2-7-13(11)12/h1-2,4,7-9,12,14,19H,3,5-6,10,16H2,(H,17,18). The van der Waals surface area contributed by atoms with Crippen LogP contribution in [0.25, 0.3) is 0 Å². The SMILES string of the molecule is NNC(CC1CCCc2ccccc21)c1ncc[nH]1. The van der Waals surface area contributed by atoms with Gasteiger partial charge in [-0.25, -0.2) is 10.4 Å². The molecule has 1 aliphatic rings. The van der Waals surface area contributed by atoms with Gasteiger partial charge in [0.25, 0.3) is 0 Å². The van der Waals surface area contributed by atoms with E-state index in [2.05, 4.69) is 39.7 Å². The molecule has 4 nitrogen and oxygen atoms in total. The van der Waals surface area contributed by atoms with Gasteiger partial charge in [0.15, 0.2) is 0 Å². The third-order valence-electron chi connectivity index (χ3n) is 4.06. The van der Waals surface area contributed by atoms with E-state index in [0.717, 1.165) is 12.2 Å². The van der Waals surface area contributed by atoms with Crippen molar-refractivity contribution in [2.24, 2.45) is 5.84 Å². The fourth-order valence-electron chi connectivity index (χ4n) is 3.11. The second kappa shape index (κ2) is 5.55. The maximum Gasteiger partial charge on any atom is 0.124 e. The van der Waals surface area contributed by atoms with Crippen LogP contribution in [-0.2, 0) is 6.42 Å². The molecule has 1 heterocycles. The van der Waals surface area contributed by atoms with Crippen molar-refractivity contribution in [1.29, 1.82) is 0 Å². The number of hydrogen-bond donors (Lipinski definition) is 3. The van der Waals surface area contributed by atoms with Crippen molar-refractivity contribution in [2.75, 3.05) is 0 Å². The number of aromatic amines is 1. The average Bonchev–Trinajstić information content (AvgIpc) is 2.99. The molecule has 0 aliphatic heterocycles. The Kier molecular flexibility index (Phi) is 3.62. The van der Waals surface area contributed by atoms with E-state index in [0.29, 0.717) is 5.92 Å². The number of hydrazine groups is 1. The third kappa shape index (κ3) is 2.55. The third-order valence-corrected chi connectivity index (χ3v) is 4.06. The number of rotatable bonds is 4. The van der Waals surface area contributed by atoms with Crippen LogP contribution in [0, 0.1) is 0 Å². The van der Waals surface area contributed by atoms with Crippen molar-refractivity contribution >= 4 is 0 Å². The van der Waals surface area contributed by atoms with Crippen LogP contribution in [0.3, 0.4) is 0 Å². The topological polar surface area (TPSA) is 66.7 Å². The highest BCUT2D eigenvalue weighted by Crippen LogP contribution is 2.36. The van der Waals surface area contributed by atoms with Gasteiger partial charge in [-0.3, -0.25) is 5.84 Å². The van der Waals surface area contributed by atoms with E-state index in [1.165, 1.54) is 30.4 Å². The Morgan fingerprint density at radius 2 is 2.32 bits per heavy atom. The normalized spacial score (nSPS) is 19.9. The molecule has 0 fully saturated rings. The van der Waals surface area contributed by atoms with E-state index in [4.69, 9.17) is 5.84 Å². The number of fused-ring (bicyclic) bond motifs is 1. The van der Waals surface area contributed by atoms with Crippen LogP contribution in [0.2, 0.25) is 0 Å². The lowest BCUT2D eigenvalue weighted by atomic mass is 9.79. The number of aryl methyl sites for hydroxylation is 1. The molecular weight excluding hydrogens is 236 g/mol. The van der Waals surface area contributed by atoms with E-state index < -0.39 is 0 Å². The molecule has 0 bridgehead atoms. The number of benzene rings is 1. The van der Waals surface area contributed by atoms with Crippen molar-refractivity contribution in [3.63, 3.8) is 0 Å². The lowest BCUT2D eigenvalue weighted by Gasteiger charge is -2.28. The van der Waals surface area contributed by atoms with E-state index in [1.54, 1.807) is 6.20 Å². The van der Waals surface area contributed by atoms with E-state index in [1.807, 2.05) is 6.20 Å². The number of nitrogens with zero attached hydrogens (tertiary/aromatic N) is 1. The smallest absolute Gasteiger partial charge is 0.124 e. The fourth-order valence-corrected chi connectivity index (χ4v) is 3.11. The van der Waals surface area contributed by atoms with Gasteiger partial charge in [0.2, 0.25) is 0 Å². The van der Waals surface area contributed by atoms with E-state index >= 15 is 0 Å². The van der Waals surface area contributed by atoms with Crippen molar-refractivity contribution in [3.05, 3.63) is 53.6 Å². The summed E-state index contributed by atoms with van der Waals surface area (Å²) in [5, 5.41) is 0. The first-order chi connectivity index (χ1) is 9.38. The molecule has 1 aromatic heterocycles. The highest BCUT2D eigenvalue weighted by molar-refractivity contribution is 5.32. The molecule has 3 rings (SSSR count). The lowest BCUT2D eigenvalue weighted by molar-refractivity contribution is 0.414. The van der Waals surface area contributed by atoms with Crippen molar-refractivity contribution in [1.82, 2.24) is 15.4 Å². The highest BCUT2D eigenvalue weighted by Gasteiger charge is 2.24. The molecule has 19 heavy (non-hydrogen) atoms. The second-order valence-corrected chi connectivity index (χ2v) is 5.22. The lowest BCUT2D eigenvalue weighted by Crippen LogP contribution is -2.30. The molecule has 2 atom stereocenters. The molecule has 1 aliphatic carbocycles. The van der Waals surface area contributed by atoms with Crippen molar-refractivity contribution in [3.8, 4) is 0 Å². The number of H-pyrrole nitrogens is 1. The quantitative estimate of drug-likeness (QED) is 0.581. The molecule has 1 aromatic carbocycles. The predicted molar refractivity (Wildman–Crippen MR) is 75.4 cm³/mol. The summed E-state index contributed by atoms with van der Waals surface area (Å²) >= 11 is 0. The van der Waals surface area contributed by atoms with Crippen molar-refractivity contribution in [2.45, 2.75) is 37.6 Å². The maximum atomic E-state index is 5.69. The minimum absolute atomic E-state index is 0.0890. The van der Waals surface area contributed by atoms with Crippen molar-refractivity contribution < 1.29 is 0 Å². The molecule has 4 N–H and O–H groups in total. The molecule has 2 unspecified atom stereocenters. The van der Waals surface area contributed by atoms with Gasteiger partial charge in [0.05, 0.1) is 6.04 Å². The molecule has 0 saturated carbocycles. The zero-order valence-corrected chi connectivity index (χ0v) is 11.0. The summed E-state index contributed by atoms with van der Waals surface area (Å²) in [6.45, 7) is 0. The average molecular weight is 256 g/mol. The van der Waals surface area contributed by atoms with Crippen LogP contribution in [0.4, 0.5) is 0 Å². The molecule has 0 amide bonds. The van der Waals surface area contributed by atoms with Gasteiger partial charge < -0.3 is 4.98 Å². The fraction of sp³-hybridized carbons (Fsp3) is 0.400. The number of hydrogen-bond acceptors (Lipinski definition) is 3. The van der Waals surface area contributed by atoms with Gasteiger partial charge in [-0.2, -0.15) is 0 Å². The van der Waals surface area contributed by atoms with Crippen LogP contribution in [-0.4, -0.2) is 9.97 Å². The Bertz CT molecular complexity index is 521. The zero-order chi connectivity index (χ0) is 13.1. The summed E-state index contributed by atoms with van der Waals surface area (Å²) in [4.78, 5) is 7.46. The molecular formula is C15H20N4.